The van der Waals surface area contributed by atoms with E-state index in [9.17, 15) is 0 Å². The molecule has 0 saturated heterocycles. The Bertz CT molecular complexity index is 848. The lowest BCUT2D eigenvalue weighted by atomic mass is 10.3. The lowest BCUT2D eigenvalue weighted by Crippen LogP contribution is -2.04. The van der Waals surface area contributed by atoms with Crippen molar-refractivity contribution in [3.8, 4) is 5.75 Å². The number of hydrogen-bond donors (Lipinski definition) is 0. The van der Waals surface area contributed by atoms with E-state index in [2.05, 4.69) is 15.2 Å². The number of nitrogens with zero attached hydrogens (tertiary/aromatic N) is 5. The minimum Gasteiger partial charge on any atom is -0.484 e. The Balaban J connectivity index is 1.63. The number of hydrogen-bond acceptors (Lipinski definition) is 5. The molecule has 1 aromatic carbocycles. The van der Waals surface area contributed by atoms with Gasteiger partial charge in [-0.05, 0) is 12.1 Å². The summed E-state index contributed by atoms with van der Waals surface area (Å²) >= 11 is 13.6. The standard InChI is InChI=1S/C15H15Cl2N5OS/c1-21-12(17)7-18-14(21)9-24-15-20-19-13(22(15)2)8-23-11-6-4-3-5-10(11)16/h3-7H,8-9H2,1-2H3. The van der Waals surface area contributed by atoms with E-state index in [4.69, 9.17) is 27.9 Å². The van der Waals surface area contributed by atoms with Crippen LogP contribution in [-0.4, -0.2) is 24.3 Å². The molecule has 126 valence electrons. The predicted molar refractivity (Wildman–Crippen MR) is 94.6 cm³/mol. The Hall–Kier alpha value is -1.70. The molecule has 6 nitrogen and oxygen atoms in total. The predicted octanol–water partition coefficient (Wildman–Crippen LogP) is 3.73. The first-order valence-electron chi connectivity index (χ1n) is 7.10. The highest BCUT2D eigenvalue weighted by Crippen LogP contribution is 2.25. The van der Waals surface area contributed by atoms with Crippen LogP contribution in [0.15, 0.2) is 35.6 Å². The summed E-state index contributed by atoms with van der Waals surface area (Å²) in [5.74, 6) is 2.87. The van der Waals surface area contributed by atoms with Crippen molar-refractivity contribution in [1.29, 1.82) is 0 Å². The summed E-state index contributed by atoms with van der Waals surface area (Å²) in [5, 5.41) is 10.3. The van der Waals surface area contributed by atoms with Gasteiger partial charge in [-0.1, -0.05) is 47.1 Å². The third-order valence-corrected chi connectivity index (χ3v) is 5.16. The molecular weight excluding hydrogens is 369 g/mol. The zero-order valence-electron chi connectivity index (χ0n) is 13.1. The summed E-state index contributed by atoms with van der Waals surface area (Å²) in [6.07, 6.45) is 1.64. The van der Waals surface area contributed by atoms with Crippen LogP contribution >= 0.6 is 35.0 Å². The summed E-state index contributed by atoms with van der Waals surface area (Å²) in [6.45, 7) is 0.294. The summed E-state index contributed by atoms with van der Waals surface area (Å²) in [6, 6.07) is 7.33. The molecule has 3 aromatic rings. The van der Waals surface area contributed by atoms with Gasteiger partial charge in [-0.15, -0.1) is 10.2 Å². The topological polar surface area (TPSA) is 57.8 Å². The Labute approximate surface area is 153 Å². The fourth-order valence-electron chi connectivity index (χ4n) is 1.99. The highest BCUT2D eigenvalue weighted by atomic mass is 35.5. The maximum absolute atomic E-state index is 6.08. The van der Waals surface area contributed by atoms with Crippen molar-refractivity contribution in [2.24, 2.45) is 14.1 Å². The molecule has 0 spiro atoms. The molecule has 0 radical (unpaired) electrons. The number of benzene rings is 1. The van der Waals surface area contributed by atoms with Crippen LogP contribution in [0.3, 0.4) is 0 Å². The second kappa shape index (κ2) is 7.46. The van der Waals surface area contributed by atoms with Gasteiger partial charge >= 0.3 is 0 Å². The van der Waals surface area contributed by atoms with Crippen molar-refractivity contribution in [1.82, 2.24) is 24.3 Å². The van der Waals surface area contributed by atoms with Crippen LogP contribution < -0.4 is 4.74 Å². The minimum atomic E-state index is 0.294. The lowest BCUT2D eigenvalue weighted by Gasteiger charge is -2.07. The van der Waals surface area contributed by atoms with E-state index >= 15 is 0 Å². The summed E-state index contributed by atoms with van der Waals surface area (Å²) in [4.78, 5) is 4.27. The number of para-hydroxylation sites is 1. The molecule has 0 fully saturated rings. The van der Waals surface area contributed by atoms with Crippen LogP contribution in [-0.2, 0) is 26.5 Å². The smallest absolute Gasteiger partial charge is 0.191 e. The molecule has 0 unspecified atom stereocenters. The molecule has 2 heterocycles. The summed E-state index contributed by atoms with van der Waals surface area (Å²) < 4.78 is 9.44. The average molecular weight is 384 g/mol. The highest BCUT2D eigenvalue weighted by Gasteiger charge is 2.12. The van der Waals surface area contributed by atoms with Crippen molar-refractivity contribution >= 4 is 35.0 Å². The molecule has 0 aliphatic carbocycles. The number of aromatic nitrogens is 5. The van der Waals surface area contributed by atoms with E-state index in [0.29, 0.717) is 28.3 Å². The monoisotopic (exact) mass is 383 g/mol. The lowest BCUT2D eigenvalue weighted by molar-refractivity contribution is 0.290. The molecule has 0 atom stereocenters. The molecule has 0 N–H and O–H groups in total. The molecule has 9 heteroatoms. The molecule has 2 aromatic heterocycles. The number of halogens is 2. The molecule has 3 rings (SSSR count). The van der Waals surface area contributed by atoms with Crippen molar-refractivity contribution in [2.45, 2.75) is 17.5 Å². The Morgan fingerprint density at radius 3 is 2.58 bits per heavy atom. The van der Waals surface area contributed by atoms with Gasteiger partial charge < -0.3 is 13.9 Å². The second-order valence-electron chi connectivity index (χ2n) is 5.02. The van der Waals surface area contributed by atoms with Crippen LogP contribution in [0, 0.1) is 0 Å². The first-order chi connectivity index (χ1) is 11.6. The van der Waals surface area contributed by atoms with Crippen molar-refractivity contribution in [2.75, 3.05) is 0 Å². The van der Waals surface area contributed by atoms with Gasteiger partial charge in [0.05, 0.1) is 17.0 Å². The van der Waals surface area contributed by atoms with Crippen molar-refractivity contribution < 1.29 is 4.74 Å². The minimum absolute atomic E-state index is 0.294. The normalized spacial score (nSPS) is 11.0. The maximum atomic E-state index is 6.08. The van der Waals surface area contributed by atoms with Gasteiger partial charge in [-0.3, -0.25) is 0 Å². The fourth-order valence-corrected chi connectivity index (χ4v) is 3.25. The van der Waals surface area contributed by atoms with E-state index in [-0.39, 0.29) is 0 Å². The Morgan fingerprint density at radius 2 is 1.88 bits per heavy atom. The molecule has 24 heavy (non-hydrogen) atoms. The first-order valence-corrected chi connectivity index (χ1v) is 8.85. The largest absolute Gasteiger partial charge is 0.484 e. The van der Waals surface area contributed by atoms with Gasteiger partial charge in [0.25, 0.3) is 0 Å². The highest BCUT2D eigenvalue weighted by molar-refractivity contribution is 7.98. The SMILES string of the molecule is Cn1c(Cl)cnc1CSc1nnc(COc2ccccc2Cl)n1C. The van der Waals surface area contributed by atoms with Crippen LogP contribution in [0.2, 0.25) is 10.2 Å². The molecular formula is C15H15Cl2N5OS. The van der Waals surface area contributed by atoms with Gasteiger partial charge in [0.1, 0.15) is 23.3 Å². The van der Waals surface area contributed by atoms with E-state index in [1.807, 2.05) is 41.4 Å². The van der Waals surface area contributed by atoms with E-state index in [1.165, 1.54) is 11.8 Å². The second-order valence-corrected chi connectivity index (χ2v) is 6.76. The first kappa shape index (κ1) is 17.1. The van der Waals surface area contributed by atoms with E-state index in [0.717, 1.165) is 16.8 Å². The van der Waals surface area contributed by atoms with Crippen LogP contribution in [0.5, 0.6) is 5.75 Å². The average Bonchev–Trinajstić information content (AvgIpc) is 3.09. The van der Waals surface area contributed by atoms with Crippen LogP contribution in [0.1, 0.15) is 11.6 Å². The zero-order chi connectivity index (χ0) is 17.1. The van der Waals surface area contributed by atoms with Crippen LogP contribution in [0.25, 0.3) is 0 Å². The van der Waals surface area contributed by atoms with Gasteiger partial charge in [-0.25, -0.2) is 4.98 Å². The maximum Gasteiger partial charge on any atom is 0.191 e. The molecule has 0 bridgehead atoms. The number of rotatable bonds is 6. The van der Waals surface area contributed by atoms with Gasteiger partial charge in [0, 0.05) is 14.1 Å². The molecule has 0 aliphatic heterocycles. The zero-order valence-corrected chi connectivity index (χ0v) is 15.4. The van der Waals surface area contributed by atoms with Gasteiger partial charge in [-0.2, -0.15) is 0 Å². The number of ether oxygens (including phenoxy) is 1. The van der Waals surface area contributed by atoms with Crippen molar-refractivity contribution in [3.63, 3.8) is 0 Å². The van der Waals surface area contributed by atoms with E-state index in [1.54, 1.807) is 12.3 Å². The third-order valence-electron chi connectivity index (χ3n) is 3.48. The summed E-state index contributed by atoms with van der Waals surface area (Å²) in [7, 11) is 3.78. The van der Waals surface area contributed by atoms with Gasteiger partial charge in [0.15, 0.2) is 11.0 Å². The molecule has 0 saturated carbocycles. The Kier molecular flexibility index (Phi) is 5.33. The number of imidazole rings is 1. The van der Waals surface area contributed by atoms with Gasteiger partial charge in [0.2, 0.25) is 0 Å². The molecule has 0 amide bonds. The molecule has 0 aliphatic rings. The van der Waals surface area contributed by atoms with E-state index < -0.39 is 0 Å². The van der Waals surface area contributed by atoms with Crippen LogP contribution in [0.4, 0.5) is 0 Å². The van der Waals surface area contributed by atoms with Crippen molar-refractivity contribution in [3.05, 3.63) is 52.3 Å². The third kappa shape index (κ3) is 3.68. The quantitative estimate of drug-likeness (QED) is 0.607. The summed E-state index contributed by atoms with van der Waals surface area (Å²) in [5.41, 5.74) is 0. The number of thioether (sulfide) groups is 1. The Morgan fingerprint density at radius 1 is 1.08 bits per heavy atom. The fraction of sp³-hybridized carbons (Fsp3) is 0.267.